The highest BCUT2D eigenvalue weighted by Gasteiger charge is 2.33. The number of hydrazone groups is 1. The maximum Gasteiger partial charge on any atom is 0.253 e. The SMILES string of the molecule is COc1ccc([C@@H]2CC(c3cccs3)=NN2C(=O)CSc2nnc(CNC(=O)c3cccc(C)c3)n2CCc2ccccc2)cc1. The minimum absolute atomic E-state index is 0.121. The van der Waals surface area contributed by atoms with Crippen molar-refractivity contribution in [2.24, 2.45) is 5.10 Å². The van der Waals surface area contributed by atoms with Crippen LogP contribution >= 0.6 is 23.1 Å². The van der Waals surface area contributed by atoms with Crippen LogP contribution in [-0.4, -0.2) is 50.2 Å². The monoisotopic (exact) mass is 650 g/mol. The number of hydrogen-bond donors (Lipinski definition) is 1. The highest BCUT2D eigenvalue weighted by molar-refractivity contribution is 7.99. The predicted octanol–water partition coefficient (Wildman–Crippen LogP) is 6.30. The Morgan fingerprint density at radius 2 is 1.83 bits per heavy atom. The Morgan fingerprint density at radius 1 is 1.00 bits per heavy atom. The maximum atomic E-state index is 13.8. The molecule has 1 aliphatic rings. The number of carbonyl (C=O) groups is 2. The number of amides is 2. The molecule has 1 N–H and O–H groups in total. The highest BCUT2D eigenvalue weighted by atomic mass is 32.2. The van der Waals surface area contributed by atoms with Gasteiger partial charge in [0.1, 0.15) is 5.75 Å². The molecule has 0 saturated carbocycles. The highest BCUT2D eigenvalue weighted by Crippen LogP contribution is 2.35. The van der Waals surface area contributed by atoms with Gasteiger partial charge in [-0.3, -0.25) is 9.59 Å². The summed E-state index contributed by atoms with van der Waals surface area (Å²) in [6.45, 7) is 2.77. The number of rotatable bonds is 12. The van der Waals surface area contributed by atoms with Crippen LogP contribution < -0.4 is 10.1 Å². The Balaban J connectivity index is 1.20. The van der Waals surface area contributed by atoms with Crippen LogP contribution in [0.2, 0.25) is 0 Å². The van der Waals surface area contributed by atoms with E-state index in [0.717, 1.165) is 33.9 Å². The molecule has 0 bridgehead atoms. The lowest BCUT2D eigenvalue weighted by atomic mass is 10.0. The molecule has 5 aromatic rings. The van der Waals surface area contributed by atoms with E-state index >= 15 is 0 Å². The first-order valence-corrected chi connectivity index (χ1v) is 16.9. The van der Waals surface area contributed by atoms with E-state index in [-0.39, 0.29) is 30.2 Å². The molecule has 1 aliphatic heterocycles. The summed E-state index contributed by atoms with van der Waals surface area (Å²) in [4.78, 5) is 27.7. The molecule has 0 unspecified atom stereocenters. The summed E-state index contributed by atoms with van der Waals surface area (Å²) in [6, 6.07) is 29.2. The number of methoxy groups -OCH3 is 1. The Bertz CT molecular complexity index is 1820. The zero-order valence-electron chi connectivity index (χ0n) is 25.6. The second-order valence-electron chi connectivity index (χ2n) is 10.9. The fourth-order valence-corrected chi connectivity index (χ4v) is 6.88. The third-order valence-corrected chi connectivity index (χ3v) is 9.61. The van der Waals surface area contributed by atoms with Crippen molar-refractivity contribution in [3.8, 4) is 5.75 Å². The van der Waals surface area contributed by atoms with Crippen LogP contribution in [0.3, 0.4) is 0 Å². The van der Waals surface area contributed by atoms with Gasteiger partial charge >= 0.3 is 0 Å². The zero-order valence-corrected chi connectivity index (χ0v) is 27.3. The zero-order chi connectivity index (χ0) is 31.9. The van der Waals surface area contributed by atoms with Crippen LogP contribution in [0.5, 0.6) is 5.75 Å². The molecule has 0 fully saturated rings. The van der Waals surface area contributed by atoms with Gasteiger partial charge in [0.05, 0.1) is 36.0 Å². The number of carbonyl (C=O) groups excluding carboxylic acids is 2. The van der Waals surface area contributed by atoms with Crippen molar-refractivity contribution in [3.63, 3.8) is 0 Å². The molecule has 0 aliphatic carbocycles. The molecule has 9 nitrogen and oxygen atoms in total. The minimum atomic E-state index is -0.223. The largest absolute Gasteiger partial charge is 0.497 e. The molecule has 0 saturated heterocycles. The summed E-state index contributed by atoms with van der Waals surface area (Å²) in [6.07, 6.45) is 1.38. The normalized spacial score (nSPS) is 14.3. The van der Waals surface area contributed by atoms with E-state index in [9.17, 15) is 9.59 Å². The van der Waals surface area contributed by atoms with Crippen molar-refractivity contribution >= 4 is 40.6 Å². The number of ether oxygens (including phenoxy) is 1. The summed E-state index contributed by atoms with van der Waals surface area (Å²) >= 11 is 2.95. The standard InChI is InChI=1S/C35H34N6O3S2/c1-24-8-6-11-27(20-24)34(43)36-22-32-37-38-35(40(32)18-17-25-9-4-3-5-10-25)46-23-33(42)41-30(26-13-15-28(44-2)16-14-26)21-29(39-41)31-12-7-19-45-31/h3-16,19-20,30H,17-18,21-23H2,1-2H3,(H,36,43)/t30-/m0/s1. The molecule has 2 aromatic heterocycles. The number of thiophene rings is 1. The van der Waals surface area contributed by atoms with E-state index in [0.29, 0.717) is 29.5 Å². The van der Waals surface area contributed by atoms with E-state index < -0.39 is 0 Å². The van der Waals surface area contributed by atoms with E-state index in [4.69, 9.17) is 9.84 Å². The van der Waals surface area contributed by atoms with Crippen molar-refractivity contribution in [2.75, 3.05) is 12.9 Å². The van der Waals surface area contributed by atoms with Gasteiger partial charge in [0.15, 0.2) is 11.0 Å². The van der Waals surface area contributed by atoms with Gasteiger partial charge < -0.3 is 14.6 Å². The van der Waals surface area contributed by atoms with Crippen LogP contribution in [0.25, 0.3) is 0 Å². The molecule has 3 aromatic carbocycles. The Hall–Kier alpha value is -4.74. The van der Waals surface area contributed by atoms with Gasteiger partial charge in [0, 0.05) is 18.5 Å². The van der Waals surface area contributed by atoms with Gasteiger partial charge in [-0.25, -0.2) is 5.01 Å². The molecule has 3 heterocycles. The summed E-state index contributed by atoms with van der Waals surface area (Å²) in [5, 5.41) is 20.9. The number of aromatic nitrogens is 3. The molecule has 46 heavy (non-hydrogen) atoms. The quantitative estimate of drug-likeness (QED) is 0.159. The Labute approximate surface area is 276 Å². The van der Waals surface area contributed by atoms with E-state index in [1.165, 1.54) is 17.3 Å². The molecule has 0 spiro atoms. The van der Waals surface area contributed by atoms with Gasteiger partial charge in [-0.2, -0.15) is 5.10 Å². The average Bonchev–Trinajstić information content (AvgIpc) is 3.86. The van der Waals surface area contributed by atoms with Crippen LogP contribution in [-0.2, 0) is 24.3 Å². The first-order valence-electron chi connectivity index (χ1n) is 15.0. The summed E-state index contributed by atoms with van der Waals surface area (Å²) in [5.41, 5.74) is 4.67. The molecule has 0 radical (unpaired) electrons. The first kappa shape index (κ1) is 31.3. The van der Waals surface area contributed by atoms with Crippen molar-refractivity contribution in [3.05, 3.63) is 129 Å². The summed E-state index contributed by atoms with van der Waals surface area (Å²) in [5.74, 6) is 1.22. The fourth-order valence-electron chi connectivity index (χ4n) is 5.32. The predicted molar refractivity (Wildman–Crippen MR) is 181 cm³/mol. The van der Waals surface area contributed by atoms with Gasteiger partial charge in [-0.15, -0.1) is 21.5 Å². The van der Waals surface area contributed by atoms with Crippen molar-refractivity contribution in [1.29, 1.82) is 0 Å². The van der Waals surface area contributed by atoms with Gasteiger partial charge in [-0.1, -0.05) is 78.0 Å². The lowest BCUT2D eigenvalue weighted by Gasteiger charge is -2.22. The van der Waals surface area contributed by atoms with E-state index in [1.54, 1.807) is 29.5 Å². The summed E-state index contributed by atoms with van der Waals surface area (Å²) in [7, 11) is 1.64. The van der Waals surface area contributed by atoms with Crippen molar-refractivity contribution in [2.45, 2.75) is 44.1 Å². The first-order chi connectivity index (χ1) is 22.5. The smallest absolute Gasteiger partial charge is 0.253 e. The molecule has 6 rings (SSSR count). The molecular weight excluding hydrogens is 617 g/mol. The van der Waals surface area contributed by atoms with Crippen LogP contribution in [0.15, 0.2) is 107 Å². The number of nitrogens with one attached hydrogen (secondary N) is 1. The van der Waals surface area contributed by atoms with E-state index in [2.05, 4.69) is 27.6 Å². The maximum absolute atomic E-state index is 13.8. The number of hydrogen-bond acceptors (Lipinski definition) is 8. The third kappa shape index (κ3) is 7.38. The number of aryl methyl sites for hydroxylation is 2. The molecule has 11 heteroatoms. The topological polar surface area (TPSA) is 102 Å². The number of nitrogens with zero attached hydrogens (tertiary/aromatic N) is 5. The average molecular weight is 651 g/mol. The number of benzene rings is 3. The van der Waals surface area contributed by atoms with Crippen LogP contribution in [0.1, 0.15) is 50.2 Å². The number of thioether (sulfide) groups is 1. The molecule has 234 valence electrons. The minimum Gasteiger partial charge on any atom is -0.497 e. The molecular formula is C35H34N6O3S2. The second kappa shape index (κ2) is 14.6. The Morgan fingerprint density at radius 3 is 2.57 bits per heavy atom. The van der Waals surface area contributed by atoms with Crippen molar-refractivity contribution in [1.82, 2.24) is 25.1 Å². The third-order valence-electron chi connectivity index (χ3n) is 7.74. The van der Waals surface area contributed by atoms with Crippen LogP contribution in [0, 0.1) is 6.92 Å². The Kier molecular flexibility index (Phi) is 9.90. The lowest BCUT2D eigenvalue weighted by Crippen LogP contribution is -2.28. The van der Waals surface area contributed by atoms with Crippen LogP contribution in [0.4, 0.5) is 0 Å². The lowest BCUT2D eigenvalue weighted by molar-refractivity contribution is -0.130. The van der Waals surface area contributed by atoms with Crippen molar-refractivity contribution < 1.29 is 14.3 Å². The van der Waals surface area contributed by atoms with Gasteiger partial charge in [-0.05, 0) is 60.2 Å². The van der Waals surface area contributed by atoms with Gasteiger partial charge in [0.2, 0.25) is 0 Å². The second-order valence-corrected chi connectivity index (χ2v) is 12.8. The fraction of sp³-hybridized carbons (Fsp3) is 0.229. The molecule has 2 amide bonds. The molecule has 1 atom stereocenters. The van der Waals surface area contributed by atoms with E-state index in [1.807, 2.05) is 89.7 Å². The van der Waals surface area contributed by atoms with Gasteiger partial charge in [0.25, 0.3) is 11.8 Å². The summed E-state index contributed by atoms with van der Waals surface area (Å²) < 4.78 is 7.34.